The Kier molecular flexibility index (Phi) is 9.37. The van der Waals surface area contributed by atoms with Gasteiger partial charge in [-0.15, -0.1) is 0 Å². The molecule has 9 heteroatoms. The van der Waals surface area contributed by atoms with Crippen molar-refractivity contribution in [3.8, 4) is 11.5 Å². The quantitative estimate of drug-likeness (QED) is 0.177. The van der Waals surface area contributed by atoms with Gasteiger partial charge in [0.15, 0.2) is 0 Å². The first kappa shape index (κ1) is 31.6. The zero-order valence-corrected chi connectivity index (χ0v) is 27.8. The second-order valence-corrected chi connectivity index (χ2v) is 15.1. The van der Waals surface area contributed by atoms with Crippen molar-refractivity contribution >= 4 is 49.4 Å². The number of benzene rings is 3. The van der Waals surface area contributed by atoms with E-state index in [1.165, 1.54) is 11.1 Å². The predicted molar refractivity (Wildman–Crippen MR) is 184 cm³/mol. The van der Waals surface area contributed by atoms with Gasteiger partial charge in [-0.25, -0.2) is 4.98 Å². The Bertz CT molecular complexity index is 1750. The summed E-state index contributed by atoms with van der Waals surface area (Å²) in [4.78, 5) is 12.9. The predicted octanol–water partition coefficient (Wildman–Crippen LogP) is 7.51. The summed E-state index contributed by atoms with van der Waals surface area (Å²) in [6.45, 7) is 12.3. The van der Waals surface area contributed by atoms with Crippen LogP contribution in [0.5, 0.6) is 11.5 Å². The monoisotopic (exact) mass is 615 g/mol. The fraction of sp³-hybridized carbons (Fsp3) is 0.400. The van der Waals surface area contributed by atoms with Gasteiger partial charge in [0, 0.05) is 20.2 Å². The van der Waals surface area contributed by atoms with Gasteiger partial charge in [0.1, 0.15) is 17.3 Å². The lowest BCUT2D eigenvalue weighted by atomic mass is 9.86. The summed E-state index contributed by atoms with van der Waals surface area (Å²) in [6.07, 6.45) is 2.27. The number of hydrogen-bond acceptors (Lipinski definition) is 8. The van der Waals surface area contributed by atoms with Gasteiger partial charge in [-0.3, -0.25) is 4.21 Å². The lowest BCUT2D eigenvalue weighted by molar-refractivity contribution is 0.241. The van der Waals surface area contributed by atoms with E-state index in [1.807, 2.05) is 70.2 Å². The second kappa shape index (κ2) is 13.0. The van der Waals surface area contributed by atoms with E-state index in [1.54, 1.807) is 7.11 Å². The van der Waals surface area contributed by atoms with Gasteiger partial charge < -0.3 is 25.0 Å². The number of ether oxygens (including phenoxy) is 2. The number of piperidine rings is 1. The van der Waals surface area contributed by atoms with Crippen LogP contribution in [0.15, 0.2) is 59.5 Å². The van der Waals surface area contributed by atoms with Gasteiger partial charge in [0.05, 0.1) is 35.0 Å². The maximum absolute atomic E-state index is 13.7. The maximum Gasteiger partial charge on any atom is 0.229 e. The van der Waals surface area contributed by atoms with Crippen LogP contribution < -0.4 is 20.1 Å². The smallest absolute Gasteiger partial charge is 0.229 e. The van der Waals surface area contributed by atoms with Crippen molar-refractivity contribution in [2.75, 3.05) is 37.9 Å². The Hall–Kier alpha value is -3.82. The maximum atomic E-state index is 13.7. The van der Waals surface area contributed by atoms with Crippen LogP contribution in [0.1, 0.15) is 57.6 Å². The molecule has 0 spiro atoms. The number of rotatable bonds is 10. The first-order valence-electron chi connectivity index (χ1n) is 15.3. The van der Waals surface area contributed by atoms with Gasteiger partial charge in [-0.05, 0) is 119 Å². The zero-order valence-electron chi connectivity index (χ0n) is 26.9. The lowest BCUT2D eigenvalue weighted by Gasteiger charge is -2.30. The Morgan fingerprint density at radius 3 is 2.39 bits per heavy atom. The van der Waals surface area contributed by atoms with E-state index in [9.17, 15) is 4.21 Å². The average Bonchev–Trinajstić information content (AvgIpc) is 2.98. The number of likely N-dealkylation sites (tertiary alicyclic amines) is 1. The standard InChI is InChI=1S/C35H45N5O3S/c1-22(2)43-32-21-27(25-15-17-40(6)18-16-25)24(5)19-31(32)38-35-37-29-14-13-26(42-7)20-28(29)34(39-35)36-30-11-9-10-12-33(30)44(8,41)23(3)4/h9-14,19-23,25H,8,15-18H2,1-7H3,(H2,36,37,38,39). The number of nitrogens with zero attached hydrogens (tertiary/aromatic N) is 3. The number of nitrogens with one attached hydrogen (secondary N) is 2. The van der Waals surface area contributed by atoms with Crippen LogP contribution in [0, 0.1) is 6.92 Å². The third-order valence-corrected chi connectivity index (χ3v) is 10.9. The molecule has 1 saturated heterocycles. The van der Waals surface area contributed by atoms with Crippen LogP contribution in [-0.2, 0) is 9.52 Å². The van der Waals surface area contributed by atoms with E-state index >= 15 is 0 Å². The molecule has 0 bridgehead atoms. The Balaban J connectivity index is 1.58. The summed E-state index contributed by atoms with van der Waals surface area (Å²) in [6, 6.07) is 17.6. The number of aromatic nitrogens is 2. The van der Waals surface area contributed by atoms with Gasteiger partial charge in [-0.2, -0.15) is 4.98 Å². The molecule has 5 rings (SSSR count). The fourth-order valence-corrected chi connectivity index (χ4v) is 6.98. The first-order valence-corrected chi connectivity index (χ1v) is 17.1. The summed E-state index contributed by atoms with van der Waals surface area (Å²) in [7, 11) is 1.26. The van der Waals surface area contributed by atoms with E-state index in [0.29, 0.717) is 34.0 Å². The van der Waals surface area contributed by atoms with Crippen LogP contribution in [-0.4, -0.2) is 63.5 Å². The summed E-state index contributed by atoms with van der Waals surface area (Å²) < 4.78 is 25.5. The van der Waals surface area contributed by atoms with Gasteiger partial charge in [0.25, 0.3) is 0 Å². The van der Waals surface area contributed by atoms with E-state index in [4.69, 9.17) is 19.4 Å². The van der Waals surface area contributed by atoms with Gasteiger partial charge in [-0.1, -0.05) is 26.0 Å². The van der Waals surface area contributed by atoms with E-state index in [2.05, 4.69) is 47.5 Å². The highest BCUT2D eigenvalue weighted by molar-refractivity contribution is 8.01. The third-order valence-electron chi connectivity index (χ3n) is 8.31. The molecule has 1 unspecified atom stereocenters. The van der Waals surface area contributed by atoms with Crippen LogP contribution >= 0.6 is 0 Å². The molecular weight excluding hydrogens is 570 g/mol. The molecule has 4 aromatic rings. The second-order valence-electron chi connectivity index (χ2n) is 12.2. The minimum atomic E-state index is -2.56. The van der Waals surface area contributed by atoms with Gasteiger partial charge >= 0.3 is 0 Å². The summed E-state index contributed by atoms with van der Waals surface area (Å²) >= 11 is 0. The SMILES string of the molecule is C=S(=O)(c1ccccc1Nc1nc(Nc2cc(C)c(C3CCN(C)CC3)cc2OC(C)C)nc2ccc(OC)cc12)C(C)C. The molecular formula is C35H45N5O3S. The lowest BCUT2D eigenvalue weighted by Crippen LogP contribution is -2.29. The zero-order chi connectivity index (χ0) is 31.6. The average molecular weight is 616 g/mol. The molecule has 2 N–H and O–H groups in total. The minimum absolute atomic E-state index is 0.000722. The normalized spacial score (nSPS) is 15.8. The molecule has 3 aromatic carbocycles. The summed E-state index contributed by atoms with van der Waals surface area (Å²) in [5, 5.41) is 7.58. The van der Waals surface area contributed by atoms with Crippen molar-refractivity contribution in [3.05, 3.63) is 65.7 Å². The first-order chi connectivity index (χ1) is 21.0. The Morgan fingerprint density at radius 1 is 0.977 bits per heavy atom. The molecule has 0 amide bonds. The topological polar surface area (TPSA) is 88.6 Å². The molecule has 0 saturated carbocycles. The highest BCUT2D eigenvalue weighted by atomic mass is 32.2. The largest absolute Gasteiger partial charge is 0.497 e. The number of hydrogen-bond donors (Lipinski definition) is 2. The van der Waals surface area contributed by atoms with Crippen LogP contribution in [0.4, 0.5) is 23.1 Å². The van der Waals surface area contributed by atoms with Crippen molar-refractivity contribution in [1.29, 1.82) is 0 Å². The molecule has 234 valence electrons. The molecule has 2 heterocycles. The molecule has 1 atom stereocenters. The van der Waals surface area contributed by atoms with E-state index in [0.717, 1.165) is 48.3 Å². The van der Waals surface area contributed by atoms with Crippen molar-refractivity contribution in [3.63, 3.8) is 0 Å². The third kappa shape index (κ3) is 6.79. The molecule has 0 aliphatic carbocycles. The molecule has 0 radical (unpaired) electrons. The number of anilines is 4. The van der Waals surface area contributed by atoms with Crippen molar-refractivity contribution in [2.24, 2.45) is 0 Å². The molecule has 1 fully saturated rings. The van der Waals surface area contributed by atoms with Crippen molar-refractivity contribution < 1.29 is 13.7 Å². The van der Waals surface area contributed by atoms with Crippen LogP contribution in [0.25, 0.3) is 10.9 Å². The molecule has 1 aliphatic rings. The molecule has 1 aliphatic heterocycles. The minimum Gasteiger partial charge on any atom is -0.497 e. The molecule has 44 heavy (non-hydrogen) atoms. The fourth-order valence-electron chi connectivity index (χ4n) is 5.67. The number of para-hydroxylation sites is 1. The molecule has 8 nitrogen and oxygen atoms in total. The number of aryl methyl sites for hydroxylation is 1. The Morgan fingerprint density at radius 2 is 1.70 bits per heavy atom. The van der Waals surface area contributed by atoms with Crippen LogP contribution in [0.2, 0.25) is 0 Å². The number of methoxy groups -OCH3 is 1. The van der Waals surface area contributed by atoms with E-state index in [-0.39, 0.29) is 11.4 Å². The van der Waals surface area contributed by atoms with Gasteiger partial charge in [0.2, 0.25) is 5.95 Å². The summed E-state index contributed by atoms with van der Waals surface area (Å²) in [5.74, 6) is 7.06. The highest BCUT2D eigenvalue weighted by Gasteiger charge is 2.23. The highest BCUT2D eigenvalue weighted by Crippen LogP contribution is 2.39. The van der Waals surface area contributed by atoms with Crippen LogP contribution in [0.3, 0.4) is 0 Å². The molecule has 1 aromatic heterocycles. The summed E-state index contributed by atoms with van der Waals surface area (Å²) in [5.41, 5.74) is 4.79. The van der Waals surface area contributed by atoms with Crippen molar-refractivity contribution in [1.82, 2.24) is 14.9 Å². The Labute approximate surface area is 262 Å². The van der Waals surface area contributed by atoms with E-state index < -0.39 is 9.52 Å². The number of fused-ring (bicyclic) bond motifs is 1. The van der Waals surface area contributed by atoms with Crippen molar-refractivity contribution in [2.45, 2.75) is 69.6 Å².